The van der Waals surface area contributed by atoms with E-state index in [1.54, 1.807) is 0 Å². The van der Waals surface area contributed by atoms with Crippen molar-refractivity contribution in [3.8, 4) is 5.75 Å². The predicted octanol–water partition coefficient (Wildman–Crippen LogP) is 2.11. The molecular weight excluding hydrogens is 242 g/mol. The van der Waals surface area contributed by atoms with Crippen LogP contribution in [0.15, 0.2) is 12.1 Å². The minimum Gasteiger partial charge on any atom is -0.478 e. The van der Waals surface area contributed by atoms with Crippen molar-refractivity contribution < 1.29 is 14.3 Å². The molecule has 0 amide bonds. The molecule has 4 nitrogen and oxygen atoms in total. The Labute approximate surface area is 114 Å². The van der Waals surface area contributed by atoms with Crippen molar-refractivity contribution in [1.29, 1.82) is 0 Å². The second kappa shape index (κ2) is 6.06. The van der Waals surface area contributed by atoms with Crippen molar-refractivity contribution >= 4 is 5.97 Å². The van der Waals surface area contributed by atoms with Crippen LogP contribution in [0.5, 0.6) is 5.75 Å². The molecular formula is C15H21NO3. The molecule has 1 unspecified atom stereocenters. The first-order valence-electron chi connectivity index (χ1n) is 6.76. The third-order valence-electron chi connectivity index (χ3n) is 3.25. The van der Waals surface area contributed by atoms with Crippen molar-refractivity contribution in [2.75, 3.05) is 13.2 Å². The second-order valence-electron chi connectivity index (χ2n) is 4.90. The molecule has 1 atom stereocenters. The summed E-state index contributed by atoms with van der Waals surface area (Å²) in [5.74, 6) is 0.555. The monoisotopic (exact) mass is 263 g/mol. The van der Waals surface area contributed by atoms with Crippen LogP contribution in [-0.4, -0.2) is 25.2 Å². The van der Waals surface area contributed by atoms with Gasteiger partial charge in [0.05, 0.1) is 6.61 Å². The third kappa shape index (κ3) is 3.26. The molecule has 0 bridgehead atoms. The molecule has 0 aliphatic carbocycles. The maximum Gasteiger partial charge on any atom is 0.347 e. The molecule has 1 heterocycles. The van der Waals surface area contributed by atoms with E-state index in [2.05, 4.69) is 24.4 Å². The van der Waals surface area contributed by atoms with Gasteiger partial charge in [-0.1, -0.05) is 19.1 Å². The Kier molecular flexibility index (Phi) is 4.43. The largest absolute Gasteiger partial charge is 0.478 e. The lowest BCUT2D eigenvalue weighted by Gasteiger charge is -2.16. The molecule has 0 spiro atoms. The lowest BCUT2D eigenvalue weighted by atomic mass is 10.1. The number of carbonyl (C=O) groups excluding carboxylic acids is 1. The summed E-state index contributed by atoms with van der Waals surface area (Å²) in [6.45, 7) is 8.37. The summed E-state index contributed by atoms with van der Waals surface area (Å²) in [5.41, 5.74) is 3.36. The van der Waals surface area contributed by atoms with E-state index in [9.17, 15) is 4.79 Å². The van der Waals surface area contributed by atoms with E-state index < -0.39 is 6.10 Å². The van der Waals surface area contributed by atoms with Crippen LogP contribution in [0.1, 0.15) is 30.0 Å². The lowest BCUT2D eigenvalue weighted by Crippen LogP contribution is -2.22. The van der Waals surface area contributed by atoms with Gasteiger partial charge in [-0.15, -0.1) is 0 Å². The minimum atomic E-state index is -0.447. The molecule has 1 aromatic carbocycles. The number of aryl methyl sites for hydroxylation is 2. The van der Waals surface area contributed by atoms with Gasteiger partial charge in [0.15, 0.2) is 6.10 Å². The number of cyclic esters (lactones) is 1. The Morgan fingerprint density at radius 2 is 2.05 bits per heavy atom. The Balaban J connectivity index is 2.14. The summed E-state index contributed by atoms with van der Waals surface area (Å²) < 4.78 is 10.7. The number of rotatable bonds is 5. The first-order valence-corrected chi connectivity index (χ1v) is 6.76. The van der Waals surface area contributed by atoms with Gasteiger partial charge in [0.2, 0.25) is 0 Å². The number of nitrogens with one attached hydrogen (secondary N) is 1. The van der Waals surface area contributed by atoms with Gasteiger partial charge >= 0.3 is 5.97 Å². The van der Waals surface area contributed by atoms with Crippen LogP contribution >= 0.6 is 0 Å². The lowest BCUT2D eigenvalue weighted by molar-refractivity contribution is -0.143. The smallest absolute Gasteiger partial charge is 0.347 e. The fourth-order valence-corrected chi connectivity index (χ4v) is 2.32. The number of ether oxygens (including phenoxy) is 2. The van der Waals surface area contributed by atoms with Gasteiger partial charge in [-0.25, -0.2) is 4.79 Å². The Bertz CT molecular complexity index is 447. The van der Waals surface area contributed by atoms with Gasteiger partial charge in [0, 0.05) is 13.0 Å². The summed E-state index contributed by atoms with van der Waals surface area (Å²) in [6.07, 6.45) is 0.189. The zero-order chi connectivity index (χ0) is 13.8. The van der Waals surface area contributed by atoms with Crippen LogP contribution in [0, 0.1) is 13.8 Å². The maximum absolute atomic E-state index is 11.5. The van der Waals surface area contributed by atoms with Crippen LogP contribution in [0.3, 0.4) is 0 Å². The fraction of sp³-hybridized carbons (Fsp3) is 0.533. The molecule has 19 heavy (non-hydrogen) atoms. The number of carbonyl (C=O) groups is 1. The van der Waals surface area contributed by atoms with Gasteiger partial charge in [0.1, 0.15) is 5.75 Å². The summed E-state index contributed by atoms with van der Waals surface area (Å²) in [7, 11) is 0. The van der Waals surface area contributed by atoms with Gasteiger partial charge in [-0.2, -0.15) is 0 Å². The zero-order valence-corrected chi connectivity index (χ0v) is 11.8. The molecule has 1 aliphatic heterocycles. The highest BCUT2D eigenvalue weighted by atomic mass is 16.6. The summed E-state index contributed by atoms with van der Waals surface area (Å²) in [4.78, 5) is 11.5. The number of esters is 1. The standard InChI is InChI=1S/C15H21NO3/c1-4-16-9-12-7-10(2)14(11(3)8-12)19-13-5-6-18-15(13)17/h7-8,13,16H,4-6,9H2,1-3H3. The molecule has 4 heteroatoms. The van der Waals surface area contributed by atoms with Crippen LogP contribution < -0.4 is 10.1 Å². The van der Waals surface area contributed by atoms with Gasteiger partial charge in [-0.3, -0.25) is 0 Å². The highest BCUT2D eigenvalue weighted by Crippen LogP contribution is 2.27. The van der Waals surface area contributed by atoms with E-state index in [1.807, 2.05) is 13.8 Å². The average molecular weight is 263 g/mol. The van der Waals surface area contributed by atoms with E-state index in [1.165, 1.54) is 5.56 Å². The van der Waals surface area contributed by atoms with Crippen molar-refractivity contribution in [1.82, 2.24) is 5.32 Å². The van der Waals surface area contributed by atoms with E-state index in [4.69, 9.17) is 9.47 Å². The molecule has 1 aliphatic rings. The highest BCUT2D eigenvalue weighted by Gasteiger charge is 2.29. The van der Waals surface area contributed by atoms with E-state index in [0.717, 1.165) is 30.0 Å². The van der Waals surface area contributed by atoms with Gasteiger partial charge < -0.3 is 14.8 Å². The minimum absolute atomic E-state index is 0.254. The Hall–Kier alpha value is -1.55. The highest BCUT2D eigenvalue weighted by molar-refractivity contribution is 5.77. The fourth-order valence-electron chi connectivity index (χ4n) is 2.32. The van der Waals surface area contributed by atoms with Crippen molar-refractivity contribution in [2.45, 2.75) is 39.8 Å². The van der Waals surface area contributed by atoms with Crippen LogP contribution in [0.2, 0.25) is 0 Å². The first kappa shape index (κ1) is 13.9. The molecule has 2 rings (SSSR count). The first-order chi connectivity index (χ1) is 9.11. The van der Waals surface area contributed by atoms with Gasteiger partial charge in [0.25, 0.3) is 0 Å². The van der Waals surface area contributed by atoms with E-state index >= 15 is 0 Å². The van der Waals surface area contributed by atoms with E-state index in [-0.39, 0.29) is 5.97 Å². The molecule has 1 aromatic rings. The Morgan fingerprint density at radius 1 is 1.37 bits per heavy atom. The summed E-state index contributed by atoms with van der Waals surface area (Å²) >= 11 is 0. The SMILES string of the molecule is CCNCc1cc(C)c(OC2CCOC2=O)c(C)c1. The zero-order valence-electron chi connectivity index (χ0n) is 11.8. The number of hydrogen-bond acceptors (Lipinski definition) is 4. The quantitative estimate of drug-likeness (QED) is 0.827. The molecule has 0 radical (unpaired) electrons. The molecule has 1 fully saturated rings. The number of benzene rings is 1. The summed E-state index contributed by atoms with van der Waals surface area (Å²) in [6, 6.07) is 4.20. The molecule has 1 saturated heterocycles. The molecule has 0 saturated carbocycles. The van der Waals surface area contributed by atoms with Crippen molar-refractivity contribution in [3.63, 3.8) is 0 Å². The van der Waals surface area contributed by atoms with Crippen molar-refractivity contribution in [2.24, 2.45) is 0 Å². The van der Waals surface area contributed by atoms with Crippen LogP contribution in [-0.2, 0) is 16.1 Å². The normalized spacial score (nSPS) is 18.5. The third-order valence-corrected chi connectivity index (χ3v) is 3.25. The molecule has 0 aromatic heterocycles. The van der Waals surface area contributed by atoms with Crippen molar-refractivity contribution in [3.05, 3.63) is 28.8 Å². The molecule has 1 N–H and O–H groups in total. The summed E-state index contributed by atoms with van der Waals surface area (Å²) in [5, 5.41) is 3.30. The van der Waals surface area contributed by atoms with Crippen LogP contribution in [0.25, 0.3) is 0 Å². The van der Waals surface area contributed by atoms with Gasteiger partial charge in [-0.05, 0) is 37.1 Å². The maximum atomic E-state index is 11.5. The number of hydrogen-bond donors (Lipinski definition) is 1. The topological polar surface area (TPSA) is 47.6 Å². The van der Waals surface area contributed by atoms with Crippen LogP contribution in [0.4, 0.5) is 0 Å². The second-order valence-corrected chi connectivity index (χ2v) is 4.90. The average Bonchev–Trinajstić information content (AvgIpc) is 2.77. The Morgan fingerprint density at radius 3 is 2.58 bits per heavy atom. The van der Waals surface area contributed by atoms with E-state index in [0.29, 0.717) is 13.0 Å². The predicted molar refractivity (Wildman–Crippen MR) is 73.3 cm³/mol. The molecule has 104 valence electrons.